The molecule has 0 unspecified atom stereocenters. The summed E-state index contributed by atoms with van der Waals surface area (Å²) >= 11 is 6.32. The average Bonchev–Trinajstić information content (AvgIpc) is 3.36. The second kappa shape index (κ2) is 30.0. The molecule has 0 fully saturated rings. The van der Waals surface area contributed by atoms with Crippen LogP contribution in [0.4, 0.5) is 11.4 Å². The molecular weight excluding hydrogens is 1030 g/mol. The van der Waals surface area contributed by atoms with Crippen molar-refractivity contribution in [3.8, 4) is 11.5 Å². The molecule has 1 N–H and O–H groups in total. The van der Waals surface area contributed by atoms with E-state index < -0.39 is 24.8 Å². The monoisotopic (exact) mass is 1080 g/mol. The minimum absolute atomic E-state index is 0. The SMILES string of the molecule is COc1ccc(C[P+](c2ccccc2)(c2ccccc2)c2ccccc2)cc1C.[C-]#[N+]c1ccc(C(=O)C(=O)c2ccc(OC)c(C)c2)cc1Br.[C-]#[N+]c1ccc(C(=O)O)cc1Br.[CH2-]CCC.[Cl-].[Li+]. The number of aromatic carboxylic acids is 1. The number of Topliss-reactive ketones (excluding diaryl/α,β-unsaturated/α-hetero) is 2. The number of ketones is 2. The first-order valence-electron chi connectivity index (χ1n) is 21.1. The van der Waals surface area contributed by atoms with E-state index in [0.29, 0.717) is 31.6 Å². The Morgan fingerprint density at radius 3 is 1.30 bits per heavy atom. The number of unbranched alkanes of at least 4 members (excludes halogenated alkanes) is 1. The first kappa shape index (κ1) is 59.3. The molecule has 0 aliphatic carbocycles. The Kier molecular flexibility index (Phi) is 25.8. The third-order valence-electron chi connectivity index (χ3n) is 10.3. The van der Waals surface area contributed by atoms with Crippen molar-refractivity contribution in [3.05, 3.63) is 236 Å². The third kappa shape index (κ3) is 16.1. The van der Waals surface area contributed by atoms with Gasteiger partial charge >= 0.3 is 24.8 Å². The molecule has 0 amide bonds. The molecule has 7 aromatic rings. The van der Waals surface area contributed by atoms with Gasteiger partial charge in [0.15, 0.2) is 0 Å². The van der Waals surface area contributed by atoms with Crippen LogP contribution in [-0.2, 0) is 6.16 Å². The number of rotatable bonds is 12. The third-order valence-corrected chi connectivity index (χ3v) is 16.0. The number of hydrogen-bond acceptors (Lipinski definition) is 5. The minimum Gasteiger partial charge on any atom is -1.00 e. The number of carbonyl (C=O) groups is 3. The molecule has 13 heteroatoms. The Bertz CT molecular complexity index is 2780. The number of nitrogens with zero attached hydrogens (tertiary/aromatic N) is 2. The molecule has 0 aliphatic heterocycles. The Balaban J connectivity index is 0.000000361. The maximum absolute atomic E-state index is 12.3. The van der Waals surface area contributed by atoms with E-state index in [9.17, 15) is 14.4 Å². The first-order chi connectivity index (χ1) is 32.3. The summed E-state index contributed by atoms with van der Waals surface area (Å²) in [5.74, 6) is -0.591. The molecule has 0 radical (unpaired) electrons. The molecule has 0 aliphatic rings. The van der Waals surface area contributed by atoms with Crippen LogP contribution in [0.5, 0.6) is 11.5 Å². The first-order valence-corrected chi connectivity index (χ1v) is 24.6. The smallest absolute Gasteiger partial charge is 1.00 e. The van der Waals surface area contributed by atoms with Gasteiger partial charge in [-0.05, 0) is 109 Å². The fraction of sp³-hybridized carbons (Fsp3) is 0.143. The van der Waals surface area contributed by atoms with Crippen LogP contribution in [0.15, 0.2) is 173 Å². The van der Waals surface area contributed by atoms with Crippen LogP contribution in [0.3, 0.4) is 0 Å². The second-order valence-electron chi connectivity index (χ2n) is 14.8. The molecule has 0 saturated heterocycles. The quantitative estimate of drug-likeness (QED) is 0.0436. The summed E-state index contributed by atoms with van der Waals surface area (Å²) in [6.45, 7) is 23.3. The van der Waals surface area contributed by atoms with Crippen LogP contribution in [0, 0.1) is 33.9 Å². The van der Waals surface area contributed by atoms with E-state index in [0.717, 1.165) is 23.9 Å². The van der Waals surface area contributed by atoms with Crippen molar-refractivity contribution >= 4 is 83.9 Å². The van der Waals surface area contributed by atoms with E-state index in [1.54, 1.807) is 39.3 Å². The molecule has 0 atom stereocenters. The van der Waals surface area contributed by atoms with Gasteiger partial charge in [0.05, 0.1) is 39.1 Å². The average molecular weight is 1080 g/mol. The number of halogens is 3. The van der Waals surface area contributed by atoms with E-state index in [4.69, 9.17) is 27.7 Å². The van der Waals surface area contributed by atoms with Gasteiger partial charge < -0.3 is 33.9 Å². The van der Waals surface area contributed by atoms with Gasteiger partial charge in [0, 0.05) is 20.1 Å². The summed E-state index contributed by atoms with van der Waals surface area (Å²) in [6, 6.07) is 53.3. The molecule has 69 heavy (non-hydrogen) atoms. The summed E-state index contributed by atoms with van der Waals surface area (Å²) < 4.78 is 11.6. The van der Waals surface area contributed by atoms with Gasteiger partial charge in [0.25, 0.3) is 0 Å². The number of methoxy groups -OCH3 is 2. The topological polar surface area (TPSA) is 98.6 Å². The molecule has 0 saturated carbocycles. The van der Waals surface area contributed by atoms with Crippen molar-refractivity contribution in [2.45, 2.75) is 39.8 Å². The van der Waals surface area contributed by atoms with Crippen LogP contribution in [0.1, 0.15) is 67.5 Å². The van der Waals surface area contributed by atoms with Gasteiger partial charge in [-0.15, -0.1) is 0 Å². The van der Waals surface area contributed by atoms with E-state index in [-0.39, 0.29) is 42.4 Å². The van der Waals surface area contributed by atoms with Crippen LogP contribution in [0.2, 0.25) is 0 Å². The van der Waals surface area contributed by atoms with E-state index in [1.807, 2.05) is 0 Å². The van der Waals surface area contributed by atoms with E-state index in [1.165, 1.54) is 69.9 Å². The zero-order valence-electron chi connectivity index (χ0n) is 39.4. The minimum atomic E-state index is -1.86. The number of carboxylic acids is 1. The number of carbonyl (C=O) groups excluding carboxylic acids is 2. The van der Waals surface area contributed by atoms with Crippen molar-refractivity contribution in [2.24, 2.45) is 0 Å². The number of aryl methyl sites for hydroxylation is 2. The van der Waals surface area contributed by atoms with Crippen LogP contribution < -0.4 is 56.7 Å². The van der Waals surface area contributed by atoms with E-state index >= 15 is 0 Å². The van der Waals surface area contributed by atoms with Gasteiger partial charge in [-0.3, -0.25) is 9.59 Å². The van der Waals surface area contributed by atoms with Crippen molar-refractivity contribution < 1.29 is 60.2 Å². The number of ether oxygens (including phenoxy) is 2. The summed E-state index contributed by atoms with van der Waals surface area (Å²) in [4.78, 5) is 41.5. The molecule has 0 spiro atoms. The van der Waals surface area contributed by atoms with Gasteiger partial charge in [-0.1, -0.05) is 130 Å². The molecule has 7 aromatic carbocycles. The zero-order valence-corrected chi connectivity index (χ0v) is 44.2. The Morgan fingerprint density at radius 1 is 0.594 bits per heavy atom. The number of carboxylic acid groups (broad SMARTS) is 1. The Morgan fingerprint density at radius 2 is 0.957 bits per heavy atom. The maximum atomic E-state index is 12.3. The summed E-state index contributed by atoms with van der Waals surface area (Å²) in [5.41, 5.74) is 4.85. The predicted octanol–water partition coefficient (Wildman–Crippen LogP) is 8.21. The van der Waals surface area contributed by atoms with Crippen LogP contribution in [-0.4, -0.2) is 36.9 Å². The van der Waals surface area contributed by atoms with Gasteiger partial charge in [0.2, 0.25) is 22.9 Å². The summed E-state index contributed by atoms with van der Waals surface area (Å²) in [7, 11) is 1.42. The van der Waals surface area contributed by atoms with Crippen molar-refractivity contribution in [3.63, 3.8) is 0 Å². The maximum Gasteiger partial charge on any atom is 1.00 e. The van der Waals surface area contributed by atoms with Gasteiger partial charge in [-0.25, -0.2) is 14.5 Å². The Hall–Kier alpha value is -5.79. The van der Waals surface area contributed by atoms with Gasteiger partial charge in [-0.2, -0.15) is 6.42 Å². The standard InChI is InChI=1S/C27H26OP.C17H12BrNO3.C8H4BrNO2.C4H9.ClH.Li/c1-22-20-23(18-19-27(22)28-2)21-29(24-12-6-3-7-13-24,25-14-8-4-9-15-25)26-16-10-5-11-17-26;1-10-8-11(5-7-15(10)22-3)16(20)17(21)12-4-6-14(19-2)13(18)9-12;1-10-7-3-2-5(8(11)12)4-6(7)9;1-3-4-2;;/h3-20H,21H2,1-2H3;4-9H,1,3H3;2-4H,(H,11,12);1,3-4H2,2H3;1H;/q+1;;;-1;;+1/p-1. The van der Waals surface area contributed by atoms with Gasteiger partial charge in [0.1, 0.15) is 34.7 Å². The largest absolute Gasteiger partial charge is 1.00 e. The molecule has 0 heterocycles. The predicted molar refractivity (Wildman–Crippen MR) is 281 cm³/mol. The molecular formula is C56H51Br2ClLiN2O6P. The fourth-order valence-electron chi connectivity index (χ4n) is 6.83. The van der Waals surface area contributed by atoms with Crippen LogP contribution in [0.25, 0.3) is 9.69 Å². The van der Waals surface area contributed by atoms with Crippen molar-refractivity contribution in [1.29, 1.82) is 0 Å². The fourth-order valence-corrected chi connectivity index (χ4v) is 12.0. The Labute approximate surface area is 442 Å². The molecule has 7 rings (SSSR count). The van der Waals surface area contributed by atoms with Crippen LogP contribution >= 0.6 is 39.1 Å². The zero-order chi connectivity index (χ0) is 48.9. The molecule has 0 bridgehead atoms. The normalized spacial score (nSPS) is 9.88. The van der Waals surface area contributed by atoms with Crippen molar-refractivity contribution in [2.75, 3.05) is 14.2 Å². The van der Waals surface area contributed by atoms with E-state index in [2.05, 4.69) is 172 Å². The number of hydrogen-bond donors (Lipinski definition) is 1. The summed E-state index contributed by atoms with van der Waals surface area (Å²) in [5, 5.41) is 12.8. The summed E-state index contributed by atoms with van der Waals surface area (Å²) in [6.07, 6.45) is 3.26. The van der Waals surface area contributed by atoms with Crippen molar-refractivity contribution in [1.82, 2.24) is 0 Å². The second-order valence-corrected chi connectivity index (χ2v) is 20.0. The molecule has 0 aromatic heterocycles. The molecule has 348 valence electrons. The number of benzene rings is 7. The molecule has 8 nitrogen and oxygen atoms in total.